The van der Waals surface area contributed by atoms with Gasteiger partial charge in [0.05, 0.1) is 12.3 Å². The van der Waals surface area contributed by atoms with Crippen molar-refractivity contribution in [2.45, 2.75) is 32.4 Å². The van der Waals surface area contributed by atoms with E-state index in [-0.39, 0.29) is 12.5 Å². The van der Waals surface area contributed by atoms with Gasteiger partial charge in [-0.05, 0) is 24.1 Å². The lowest BCUT2D eigenvalue weighted by Gasteiger charge is -2.11. The van der Waals surface area contributed by atoms with Gasteiger partial charge < -0.3 is 11.1 Å². The van der Waals surface area contributed by atoms with Crippen molar-refractivity contribution in [3.63, 3.8) is 0 Å². The van der Waals surface area contributed by atoms with E-state index in [9.17, 15) is 13.2 Å². The first-order chi connectivity index (χ1) is 9.31. The molecule has 0 aliphatic heterocycles. The number of sulfonamides is 1. The number of rotatable bonds is 7. The molecule has 1 unspecified atom stereocenters. The summed E-state index contributed by atoms with van der Waals surface area (Å²) in [5.41, 5.74) is 7.17. The van der Waals surface area contributed by atoms with Crippen molar-refractivity contribution < 1.29 is 13.2 Å². The number of benzene rings is 1. The molecule has 1 aromatic rings. The van der Waals surface area contributed by atoms with Gasteiger partial charge in [-0.3, -0.25) is 4.79 Å². The number of carbonyl (C=O) groups is 1. The minimum atomic E-state index is -3.21. The van der Waals surface area contributed by atoms with Gasteiger partial charge in [-0.2, -0.15) is 0 Å². The van der Waals surface area contributed by atoms with Crippen LogP contribution in [0.4, 0.5) is 5.69 Å². The van der Waals surface area contributed by atoms with Crippen molar-refractivity contribution >= 4 is 21.6 Å². The lowest BCUT2D eigenvalue weighted by atomic mass is 10.1. The number of carbonyl (C=O) groups excluding carboxylic acids is 1. The molecule has 1 rings (SSSR count). The van der Waals surface area contributed by atoms with Crippen molar-refractivity contribution in [3.8, 4) is 0 Å². The van der Waals surface area contributed by atoms with Gasteiger partial charge in [0.1, 0.15) is 0 Å². The van der Waals surface area contributed by atoms with E-state index >= 15 is 0 Å². The quantitative estimate of drug-likeness (QED) is 0.693. The fourth-order valence-electron chi connectivity index (χ4n) is 1.60. The second kappa shape index (κ2) is 7.37. The zero-order valence-corrected chi connectivity index (χ0v) is 12.5. The number of nitrogens with one attached hydrogen (secondary N) is 2. The highest BCUT2D eigenvalue weighted by Gasteiger charge is 2.12. The number of amides is 1. The zero-order valence-electron chi connectivity index (χ0n) is 11.7. The number of hydrogen-bond donors (Lipinski definition) is 3. The normalized spacial score (nSPS) is 12.9. The average Bonchev–Trinajstić information content (AvgIpc) is 2.37. The standard InChI is InChI=1S/C13H21N3O3S/c1-3-4-12(14)13(17)16-11-7-5-10(6-8-11)9-15-20(2,18)19/h5-8,12,15H,3-4,9,14H2,1-2H3,(H,16,17). The molecule has 7 heteroatoms. The Morgan fingerprint density at radius 2 is 1.90 bits per heavy atom. The van der Waals surface area contributed by atoms with Crippen LogP contribution in [0, 0.1) is 0 Å². The number of anilines is 1. The highest BCUT2D eigenvalue weighted by atomic mass is 32.2. The lowest BCUT2D eigenvalue weighted by molar-refractivity contribution is -0.117. The Hall–Kier alpha value is -1.44. The van der Waals surface area contributed by atoms with Crippen molar-refractivity contribution in [2.24, 2.45) is 5.73 Å². The summed E-state index contributed by atoms with van der Waals surface area (Å²) < 4.78 is 24.3. The molecule has 0 aromatic heterocycles. The first-order valence-electron chi connectivity index (χ1n) is 6.42. The minimum absolute atomic E-state index is 0.214. The Morgan fingerprint density at radius 3 is 2.40 bits per heavy atom. The maximum atomic E-state index is 11.7. The maximum Gasteiger partial charge on any atom is 0.241 e. The maximum absolute atomic E-state index is 11.7. The Morgan fingerprint density at radius 1 is 1.30 bits per heavy atom. The van der Waals surface area contributed by atoms with E-state index in [1.165, 1.54) is 0 Å². The first-order valence-corrected chi connectivity index (χ1v) is 8.31. The fourth-order valence-corrected chi connectivity index (χ4v) is 2.03. The molecule has 4 N–H and O–H groups in total. The molecule has 112 valence electrons. The van der Waals surface area contributed by atoms with E-state index in [1.807, 2.05) is 6.92 Å². The van der Waals surface area contributed by atoms with E-state index in [1.54, 1.807) is 24.3 Å². The van der Waals surface area contributed by atoms with Crippen LogP contribution in [0.3, 0.4) is 0 Å². The zero-order chi connectivity index (χ0) is 15.2. The summed E-state index contributed by atoms with van der Waals surface area (Å²) in [5, 5.41) is 2.72. The van der Waals surface area contributed by atoms with Gasteiger partial charge >= 0.3 is 0 Å². The van der Waals surface area contributed by atoms with E-state index in [0.29, 0.717) is 12.1 Å². The van der Waals surface area contributed by atoms with Gasteiger partial charge in [-0.15, -0.1) is 0 Å². The molecule has 0 heterocycles. The van der Waals surface area contributed by atoms with Gasteiger partial charge in [-0.25, -0.2) is 13.1 Å². The Labute approximate surface area is 119 Å². The smallest absolute Gasteiger partial charge is 0.241 e. The topological polar surface area (TPSA) is 101 Å². The molecule has 0 bridgehead atoms. The first kappa shape index (κ1) is 16.6. The highest BCUT2D eigenvalue weighted by molar-refractivity contribution is 7.88. The Balaban J connectivity index is 2.56. The summed E-state index contributed by atoms with van der Waals surface area (Å²) in [4.78, 5) is 11.7. The number of hydrogen-bond acceptors (Lipinski definition) is 4. The van der Waals surface area contributed by atoms with Crippen LogP contribution >= 0.6 is 0 Å². The highest BCUT2D eigenvalue weighted by Crippen LogP contribution is 2.10. The second-order valence-electron chi connectivity index (χ2n) is 4.67. The molecule has 1 atom stereocenters. The summed E-state index contributed by atoms with van der Waals surface area (Å²) >= 11 is 0. The molecule has 1 aromatic carbocycles. The van der Waals surface area contributed by atoms with Crippen LogP contribution in [0.2, 0.25) is 0 Å². The summed E-state index contributed by atoms with van der Waals surface area (Å²) in [5.74, 6) is -0.214. The molecule has 6 nitrogen and oxygen atoms in total. The molecule has 20 heavy (non-hydrogen) atoms. The molecular formula is C13H21N3O3S. The fraction of sp³-hybridized carbons (Fsp3) is 0.462. The molecule has 0 aliphatic carbocycles. The summed E-state index contributed by atoms with van der Waals surface area (Å²) in [6.07, 6.45) is 2.60. The van der Waals surface area contributed by atoms with Gasteiger partial charge in [0.25, 0.3) is 0 Å². The molecule has 0 spiro atoms. The van der Waals surface area contributed by atoms with E-state index in [4.69, 9.17) is 5.73 Å². The molecule has 0 saturated heterocycles. The van der Waals surface area contributed by atoms with Crippen molar-refractivity contribution in [1.82, 2.24) is 4.72 Å². The average molecular weight is 299 g/mol. The van der Waals surface area contributed by atoms with E-state index in [2.05, 4.69) is 10.0 Å². The van der Waals surface area contributed by atoms with E-state index in [0.717, 1.165) is 18.2 Å². The molecule has 0 fully saturated rings. The van der Waals surface area contributed by atoms with Crippen LogP contribution in [0.25, 0.3) is 0 Å². The van der Waals surface area contributed by atoms with Gasteiger partial charge in [0.15, 0.2) is 0 Å². The Kier molecular flexibility index (Phi) is 6.12. The molecule has 0 saturated carbocycles. The molecule has 1 amide bonds. The van der Waals surface area contributed by atoms with Gasteiger partial charge in [0, 0.05) is 12.2 Å². The van der Waals surface area contributed by atoms with Crippen LogP contribution in [0.15, 0.2) is 24.3 Å². The Bertz CT molecular complexity index is 540. The number of nitrogens with two attached hydrogens (primary N) is 1. The monoisotopic (exact) mass is 299 g/mol. The van der Waals surface area contributed by atoms with Crippen LogP contribution < -0.4 is 15.8 Å². The summed E-state index contributed by atoms with van der Waals surface area (Å²) in [6, 6.07) is 6.43. The van der Waals surface area contributed by atoms with Crippen molar-refractivity contribution in [2.75, 3.05) is 11.6 Å². The van der Waals surface area contributed by atoms with Crippen molar-refractivity contribution in [3.05, 3.63) is 29.8 Å². The predicted octanol–water partition coefficient (Wildman–Crippen LogP) is 0.802. The van der Waals surface area contributed by atoms with Crippen LogP contribution in [0.5, 0.6) is 0 Å². The third-order valence-corrected chi connectivity index (χ3v) is 3.37. The molecule has 0 aliphatic rings. The minimum Gasteiger partial charge on any atom is -0.325 e. The lowest BCUT2D eigenvalue weighted by Crippen LogP contribution is -2.35. The third kappa shape index (κ3) is 6.14. The second-order valence-corrected chi connectivity index (χ2v) is 6.51. The molecular weight excluding hydrogens is 278 g/mol. The van der Waals surface area contributed by atoms with Gasteiger partial charge in [0.2, 0.25) is 15.9 Å². The van der Waals surface area contributed by atoms with E-state index < -0.39 is 16.1 Å². The summed E-state index contributed by atoms with van der Waals surface area (Å²) in [7, 11) is -3.21. The molecule has 0 radical (unpaired) electrons. The van der Waals surface area contributed by atoms with Gasteiger partial charge in [-0.1, -0.05) is 25.5 Å². The predicted molar refractivity (Wildman–Crippen MR) is 79.6 cm³/mol. The van der Waals surface area contributed by atoms with Crippen LogP contribution in [-0.2, 0) is 21.4 Å². The van der Waals surface area contributed by atoms with Crippen LogP contribution in [-0.4, -0.2) is 26.6 Å². The van der Waals surface area contributed by atoms with Crippen LogP contribution in [0.1, 0.15) is 25.3 Å². The third-order valence-electron chi connectivity index (χ3n) is 2.70. The largest absolute Gasteiger partial charge is 0.325 e. The SMILES string of the molecule is CCCC(N)C(=O)Nc1ccc(CNS(C)(=O)=O)cc1. The van der Waals surface area contributed by atoms with Crippen molar-refractivity contribution in [1.29, 1.82) is 0 Å². The summed E-state index contributed by atoms with van der Waals surface area (Å²) in [6.45, 7) is 2.19.